The number of para-hydroxylation sites is 1. The molecule has 2 rings (SSSR count). The number of hydrogen-bond donors (Lipinski definition) is 1. The summed E-state index contributed by atoms with van der Waals surface area (Å²) >= 11 is 0. The van der Waals surface area contributed by atoms with Crippen LogP contribution in [0.15, 0.2) is 54.6 Å². The van der Waals surface area contributed by atoms with Crippen molar-refractivity contribution in [3.8, 4) is 0 Å². The number of hydrogen-bond acceptors (Lipinski definition) is 2. The van der Waals surface area contributed by atoms with Crippen molar-refractivity contribution in [2.75, 3.05) is 12.4 Å². The first-order chi connectivity index (χ1) is 11.0. The first-order valence-electron chi connectivity index (χ1n) is 7.68. The van der Waals surface area contributed by atoms with Gasteiger partial charge in [-0.1, -0.05) is 62.4 Å². The summed E-state index contributed by atoms with van der Waals surface area (Å²) in [4.78, 5) is 25.9. The highest BCUT2D eigenvalue weighted by molar-refractivity contribution is 6.39. The quantitative estimate of drug-likeness (QED) is 0.880. The number of carbonyl (C=O) groups excluding carboxylic acids is 2. The molecule has 4 heteroatoms. The highest BCUT2D eigenvalue weighted by atomic mass is 16.2. The van der Waals surface area contributed by atoms with E-state index in [2.05, 4.69) is 5.32 Å². The fourth-order valence-electron chi connectivity index (χ4n) is 2.39. The van der Waals surface area contributed by atoms with Gasteiger partial charge in [0.05, 0.1) is 0 Å². The van der Waals surface area contributed by atoms with Crippen LogP contribution in [0.3, 0.4) is 0 Å². The van der Waals surface area contributed by atoms with Gasteiger partial charge in [0.1, 0.15) is 0 Å². The van der Waals surface area contributed by atoms with E-state index < -0.39 is 11.8 Å². The Morgan fingerprint density at radius 1 is 1.00 bits per heavy atom. The lowest BCUT2D eigenvalue weighted by atomic mass is 10.0. The molecule has 120 valence electrons. The summed E-state index contributed by atoms with van der Waals surface area (Å²) in [6.45, 7) is 4.50. The number of benzene rings is 2. The molecule has 1 N–H and O–H groups in total. The molecule has 2 aromatic rings. The molecular formula is C19H22N2O2. The third kappa shape index (κ3) is 4.42. The largest absolute Gasteiger partial charge is 0.333 e. The smallest absolute Gasteiger partial charge is 0.313 e. The van der Waals surface area contributed by atoms with E-state index in [9.17, 15) is 9.59 Å². The molecule has 0 aromatic heterocycles. The van der Waals surface area contributed by atoms with Crippen LogP contribution in [0.5, 0.6) is 0 Å². The lowest BCUT2D eigenvalue weighted by Crippen LogP contribution is -2.36. The standard InChI is InChI=1S/C19H22N2O2/c1-14(2)16-11-7-8-12-17(16)20-18(22)19(23)21(3)13-15-9-5-4-6-10-15/h4-12,14H,13H2,1-3H3,(H,20,22). The summed E-state index contributed by atoms with van der Waals surface area (Å²) in [6.07, 6.45) is 0. The maximum Gasteiger partial charge on any atom is 0.313 e. The van der Waals surface area contributed by atoms with Crippen LogP contribution in [0.4, 0.5) is 5.69 Å². The molecule has 0 spiro atoms. The Balaban J connectivity index is 2.04. The lowest BCUT2D eigenvalue weighted by molar-refractivity contribution is -0.142. The molecule has 2 amide bonds. The number of carbonyl (C=O) groups is 2. The van der Waals surface area contributed by atoms with Gasteiger partial charge in [-0.3, -0.25) is 9.59 Å². The zero-order valence-electron chi connectivity index (χ0n) is 13.7. The molecule has 0 aliphatic heterocycles. The molecule has 2 aromatic carbocycles. The van der Waals surface area contributed by atoms with E-state index >= 15 is 0 Å². The van der Waals surface area contributed by atoms with E-state index in [1.165, 1.54) is 4.90 Å². The van der Waals surface area contributed by atoms with Crippen LogP contribution >= 0.6 is 0 Å². The van der Waals surface area contributed by atoms with Gasteiger partial charge in [0, 0.05) is 19.3 Å². The average Bonchev–Trinajstić information content (AvgIpc) is 2.55. The number of anilines is 1. The molecule has 0 saturated carbocycles. The molecule has 0 fully saturated rings. The van der Waals surface area contributed by atoms with Crippen LogP contribution in [0.2, 0.25) is 0 Å². The van der Waals surface area contributed by atoms with Gasteiger partial charge < -0.3 is 10.2 Å². The van der Waals surface area contributed by atoms with Crippen molar-refractivity contribution in [2.45, 2.75) is 26.3 Å². The fraction of sp³-hybridized carbons (Fsp3) is 0.263. The maximum absolute atomic E-state index is 12.2. The Morgan fingerprint density at radius 2 is 1.61 bits per heavy atom. The fourth-order valence-corrected chi connectivity index (χ4v) is 2.39. The summed E-state index contributed by atoms with van der Waals surface area (Å²) in [7, 11) is 1.63. The first-order valence-corrected chi connectivity index (χ1v) is 7.68. The Hall–Kier alpha value is -2.62. The third-order valence-electron chi connectivity index (χ3n) is 3.63. The predicted molar refractivity (Wildman–Crippen MR) is 92.1 cm³/mol. The van der Waals surface area contributed by atoms with Crippen LogP contribution in [0.1, 0.15) is 30.9 Å². The summed E-state index contributed by atoms with van der Waals surface area (Å²) in [5.41, 5.74) is 2.69. The molecule has 0 heterocycles. The molecule has 0 aliphatic carbocycles. The van der Waals surface area contributed by atoms with Crippen molar-refractivity contribution < 1.29 is 9.59 Å². The Bertz CT molecular complexity index is 681. The average molecular weight is 310 g/mol. The van der Waals surface area contributed by atoms with Crippen LogP contribution in [-0.2, 0) is 16.1 Å². The molecule has 0 saturated heterocycles. The third-order valence-corrected chi connectivity index (χ3v) is 3.63. The summed E-state index contributed by atoms with van der Waals surface area (Å²) in [5.74, 6) is -0.896. The number of nitrogens with one attached hydrogen (secondary N) is 1. The van der Waals surface area contributed by atoms with Crippen molar-refractivity contribution in [3.05, 3.63) is 65.7 Å². The van der Waals surface area contributed by atoms with Crippen molar-refractivity contribution in [3.63, 3.8) is 0 Å². The monoisotopic (exact) mass is 310 g/mol. The lowest BCUT2D eigenvalue weighted by Gasteiger charge is -2.18. The molecular weight excluding hydrogens is 288 g/mol. The van der Waals surface area contributed by atoms with E-state index in [0.29, 0.717) is 12.2 Å². The topological polar surface area (TPSA) is 49.4 Å². The van der Waals surface area contributed by atoms with Crippen molar-refractivity contribution in [2.24, 2.45) is 0 Å². The van der Waals surface area contributed by atoms with Gasteiger partial charge in [0.15, 0.2) is 0 Å². The Labute approximate surface area is 137 Å². The van der Waals surface area contributed by atoms with E-state index in [4.69, 9.17) is 0 Å². The van der Waals surface area contributed by atoms with Gasteiger partial charge >= 0.3 is 11.8 Å². The molecule has 0 bridgehead atoms. The number of likely N-dealkylation sites (N-methyl/N-ethyl adjacent to an activating group) is 1. The van der Waals surface area contributed by atoms with Crippen LogP contribution in [0.25, 0.3) is 0 Å². The zero-order chi connectivity index (χ0) is 16.8. The second-order valence-corrected chi connectivity index (χ2v) is 5.84. The number of amides is 2. The van der Waals surface area contributed by atoms with Crippen molar-refractivity contribution >= 4 is 17.5 Å². The molecule has 0 aliphatic rings. The normalized spacial score (nSPS) is 10.4. The van der Waals surface area contributed by atoms with Crippen LogP contribution in [0, 0.1) is 0 Å². The van der Waals surface area contributed by atoms with Crippen LogP contribution < -0.4 is 5.32 Å². The first kappa shape index (κ1) is 16.7. The van der Waals surface area contributed by atoms with Gasteiger partial charge in [-0.2, -0.15) is 0 Å². The summed E-state index contributed by atoms with van der Waals surface area (Å²) in [6, 6.07) is 17.1. The number of nitrogens with zero attached hydrogens (tertiary/aromatic N) is 1. The van der Waals surface area contributed by atoms with Gasteiger partial charge in [-0.15, -0.1) is 0 Å². The van der Waals surface area contributed by atoms with Crippen molar-refractivity contribution in [1.29, 1.82) is 0 Å². The highest BCUT2D eigenvalue weighted by Crippen LogP contribution is 2.23. The van der Waals surface area contributed by atoms with Crippen molar-refractivity contribution in [1.82, 2.24) is 4.90 Å². The van der Waals surface area contributed by atoms with Gasteiger partial charge in [-0.05, 0) is 23.1 Å². The van der Waals surface area contributed by atoms with Gasteiger partial charge in [0.25, 0.3) is 0 Å². The molecule has 23 heavy (non-hydrogen) atoms. The highest BCUT2D eigenvalue weighted by Gasteiger charge is 2.20. The molecule has 0 atom stereocenters. The van der Waals surface area contributed by atoms with E-state index in [0.717, 1.165) is 11.1 Å². The van der Waals surface area contributed by atoms with Crippen LogP contribution in [-0.4, -0.2) is 23.8 Å². The van der Waals surface area contributed by atoms with E-state index in [-0.39, 0.29) is 5.92 Å². The van der Waals surface area contributed by atoms with E-state index in [1.807, 2.05) is 68.4 Å². The predicted octanol–water partition coefficient (Wildman–Crippen LogP) is 3.41. The molecule has 0 unspecified atom stereocenters. The summed E-state index contributed by atoms with van der Waals surface area (Å²) in [5, 5.41) is 2.73. The molecule has 0 radical (unpaired) electrons. The Morgan fingerprint density at radius 3 is 2.26 bits per heavy atom. The summed E-state index contributed by atoms with van der Waals surface area (Å²) < 4.78 is 0. The zero-order valence-corrected chi connectivity index (χ0v) is 13.7. The van der Waals surface area contributed by atoms with E-state index in [1.54, 1.807) is 7.05 Å². The maximum atomic E-state index is 12.2. The second kappa shape index (κ2) is 7.58. The van der Waals surface area contributed by atoms with Gasteiger partial charge in [-0.25, -0.2) is 0 Å². The Kier molecular flexibility index (Phi) is 5.52. The van der Waals surface area contributed by atoms with Gasteiger partial charge in [0.2, 0.25) is 0 Å². The minimum Gasteiger partial charge on any atom is -0.333 e. The number of rotatable bonds is 4. The minimum atomic E-state index is -0.614. The second-order valence-electron chi connectivity index (χ2n) is 5.84. The molecule has 4 nitrogen and oxygen atoms in total. The SMILES string of the molecule is CC(C)c1ccccc1NC(=O)C(=O)N(C)Cc1ccccc1. The minimum absolute atomic E-state index is 0.267.